The molecule has 0 amide bonds. The van der Waals surface area contributed by atoms with Crippen LogP contribution in [0.25, 0.3) is 0 Å². The van der Waals surface area contributed by atoms with Crippen LogP contribution >= 0.6 is 0 Å². The molecule has 0 aromatic rings. The van der Waals surface area contributed by atoms with E-state index >= 15 is 0 Å². The van der Waals surface area contributed by atoms with Crippen molar-refractivity contribution in [3.8, 4) is 0 Å². The number of carbonyl (C=O) groups excluding carboxylic acids is 2. The highest BCUT2D eigenvalue weighted by atomic mass is 16.5. The molecule has 0 saturated heterocycles. The van der Waals surface area contributed by atoms with Crippen LogP contribution in [0.3, 0.4) is 0 Å². The molecule has 0 radical (unpaired) electrons. The average Bonchev–Trinajstić information content (AvgIpc) is 3.03. The van der Waals surface area contributed by atoms with Gasteiger partial charge in [-0.05, 0) is 92.3 Å². The molecule has 8 atom stereocenters. The van der Waals surface area contributed by atoms with E-state index in [1.54, 1.807) is 13.2 Å². The maximum atomic E-state index is 11.4. The SMILES string of the molecule is CO/C(=C\C=O)[C@H]1CC[C@H]2[C@@H]3CC[C@@H]4C[C@@H](OC(C)=O)CC[C@]4(C)[C@H]3CC[C@]12C. The zero-order valence-electron chi connectivity index (χ0n) is 18.6. The second kappa shape index (κ2) is 7.74. The molecule has 4 rings (SSSR count). The Morgan fingerprint density at radius 1 is 0.966 bits per heavy atom. The number of methoxy groups -OCH3 is 1. The van der Waals surface area contributed by atoms with Gasteiger partial charge in [0.05, 0.1) is 7.11 Å². The molecule has 4 saturated carbocycles. The number of hydrogen-bond donors (Lipinski definition) is 0. The summed E-state index contributed by atoms with van der Waals surface area (Å²) in [7, 11) is 1.71. The lowest BCUT2D eigenvalue weighted by atomic mass is 9.44. The fourth-order valence-corrected chi connectivity index (χ4v) is 8.42. The lowest BCUT2D eigenvalue weighted by Gasteiger charge is -2.61. The normalized spacial score (nSPS) is 46.8. The Hall–Kier alpha value is -1.32. The van der Waals surface area contributed by atoms with Crippen LogP contribution in [0.5, 0.6) is 0 Å². The van der Waals surface area contributed by atoms with Crippen molar-refractivity contribution in [2.45, 2.75) is 84.7 Å². The third kappa shape index (κ3) is 3.35. The summed E-state index contributed by atoms with van der Waals surface area (Å²) in [6, 6.07) is 0. The summed E-state index contributed by atoms with van der Waals surface area (Å²) in [5, 5.41) is 0. The van der Waals surface area contributed by atoms with Gasteiger partial charge in [0.1, 0.15) is 18.1 Å². The van der Waals surface area contributed by atoms with E-state index in [-0.39, 0.29) is 17.5 Å². The summed E-state index contributed by atoms with van der Waals surface area (Å²) in [5.41, 5.74) is 0.645. The molecule has 0 aliphatic heterocycles. The van der Waals surface area contributed by atoms with Gasteiger partial charge in [-0.1, -0.05) is 13.8 Å². The van der Waals surface area contributed by atoms with Gasteiger partial charge in [0.15, 0.2) is 0 Å². The van der Waals surface area contributed by atoms with Crippen LogP contribution in [0.2, 0.25) is 0 Å². The molecular weight excluding hydrogens is 364 g/mol. The summed E-state index contributed by atoms with van der Waals surface area (Å²) in [6.07, 6.45) is 13.5. The molecular formula is C25H38O4. The van der Waals surface area contributed by atoms with E-state index in [0.29, 0.717) is 17.3 Å². The van der Waals surface area contributed by atoms with Crippen molar-refractivity contribution >= 4 is 12.3 Å². The van der Waals surface area contributed by atoms with Crippen LogP contribution < -0.4 is 0 Å². The summed E-state index contributed by atoms with van der Waals surface area (Å²) in [4.78, 5) is 22.6. The van der Waals surface area contributed by atoms with Gasteiger partial charge in [0.25, 0.3) is 0 Å². The van der Waals surface area contributed by atoms with E-state index in [2.05, 4.69) is 13.8 Å². The number of ether oxygens (including phenoxy) is 2. The topological polar surface area (TPSA) is 52.6 Å². The number of aldehydes is 1. The van der Waals surface area contributed by atoms with Gasteiger partial charge in [0.2, 0.25) is 0 Å². The van der Waals surface area contributed by atoms with Crippen molar-refractivity contribution in [2.24, 2.45) is 40.4 Å². The molecule has 0 aromatic carbocycles. The number of hydrogen-bond acceptors (Lipinski definition) is 4. The smallest absolute Gasteiger partial charge is 0.302 e. The predicted octanol–water partition coefficient (Wildman–Crippen LogP) is 5.31. The number of rotatable bonds is 4. The highest BCUT2D eigenvalue weighted by Gasteiger charge is 2.60. The van der Waals surface area contributed by atoms with Crippen LogP contribution in [0.15, 0.2) is 11.8 Å². The highest BCUT2D eigenvalue weighted by Crippen LogP contribution is 2.68. The first-order chi connectivity index (χ1) is 13.8. The molecule has 4 fully saturated rings. The van der Waals surface area contributed by atoms with E-state index < -0.39 is 0 Å². The van der Waals surface area contributed by atoms with Crippen LogP contribution in [0.4, 0.5) is 0 Å². The monoisotopic (exact) mass is 402 g/mol. The first-order valence-electron chi connectivity index (χ1n) is 11.7. The molecule has 0 spiro atoms. The highest BCUT2D eigenvalue weighted by molar-refractivity contribution is 5.66. The maximum absolute atomic E-state index is 11.4. The van der Waals surface area contributed by atoms with Crippen molar-refractivity contribution in [1.29, 1.82) is 0 Å². The molecule has 0 heterocycles. The van der Waals surface area contributed by atoms with Crippen LogP contribution in [0.1, 0.15) is 78.6 Å². The van der Waals surface area contributed by atoms with Crippen molar-refractivity contribution in [1.82, 2.24) is 0 Å². The van der Waals surface area contributed by atoms with Crippen LogP contribution in [0, 0.1) is 40.4 Å². The Labute approximate surface area is 175 Å². The minimum absolute atomic E-state index is 0.129. The zero-order chi connectivity index (χ0) is 20.8. The van der Waals surface area contributed by atoms with E-state index in [0.717, 1.165) is 49.1 Å². The Kier molecular flexibility index (Phi) is 5.59. The molecule has 0 N–H and O–H groups in total. The Bertz CT molecular complexity index is 684. The summed E-state index contributed by atoms with van der Waals surface area (Å²) >= 11 is 0. The van der Waals surface area contributed by atoms with Crippen molar-refractivity contribution in [2.75, 3.05) is 7.11 Å². The van der Waals surface area contributed by atoms with E-state index in [9.17, 15) is 9.59 Å². The molecule has 4 nitrogen and oxygen atoms in total. The first kappa shape index (κ1) is 20.9. The third-order valence-corrected chi connectivity index (χ3v) is 9.76. The third-order valence-electron chi connectivity index (χ3n) is 9.76. The molecule has 0 unspecified atom stereocenters. The van der Waals surface area contributed by atoms with E-state index in [1.807, 2.05) is 0 Å². The van der Waals surface area contributed by atoms with Crippen LogP contribution in [-0.4, -0.2) is 25.5 Å². The minimum Gasteiger partial charge on any atom is -0.501 e. The van der Waals surface area contributed by atoms with Gasteiger partial charge in [-0.15, -0.1) is 0 Å². The van der Waals surface area contributed by atoms with Gasteiger partial charge in [-0.3, -0.25) is 9.59 Å². The number of fused-ring (bicyclic) bond motifs is 5. The van der Waals surface area contributed by atoms with Gasteiger partial charge in [0, 0.05) is 18.9 Å². The maximum Gasteiger partial charge on any atom is 0.302 e. The number of esters is 1. The van der Waals surface area contributed by atoms with Crippen LogP contribution in [-0.2, 0) is 19.1 Å². The summed E-state index contributed by atoms with van der Waals surface area (Å²) < 4.78 is 11.3. The Balaban J connectivity index is 1.54. The predicted molar refractivity (Wildman–Crippen MR) is 112 cm³/mol. The standard InChI is InChI=1S/C25H38O4/c1-16(27)29-18-9-12-24(2)17(15-18)5-6-19-20-7-8-22(23(28-4)11-14-26)25(20,3)13-10-21(19)24/h11,14,17-22H,5-10,12-13,15H2,1-4H3/b23-11-/t17-,18+,19+,20+,21+,22-,24+,25+/m1/s1. The Morgan fingerprint density at radius 2 is 1.69 bits per heavy atom. The fourth-order valence-electron chi connectivity index (χ4n) is 8.42. The molecule has 4 aliphatic carbocycles. The lowest BCUT2D eigenvalue weighted by molar-refractivity contribution is -0.160. The zero-order valence-corrected chi connectivity index (χ0v) is 18.6. The first-order valence-corrected chi connectivity index (χ1v) is 11.7. The quantitative estimate of drug-likeness (QED) is 0.277. The summed E-state index contributed by atoms with van der Waals surface area (Å²) in [5.74, 6) is 4.15. The lowest BCUT2D eigenvalue weighted by Crippen LogP contribution is -2.54. The minimum atomic E-state index is -0.130. The van der Waals surface area contributed by atoms with Crippen molar-refractivity contribution in [3.05, 3.63) is 11.8 Å². The Morgan fingerprint density at radius 3 is 2.38 bits per heavy atom. The van der Waals surface area contributed by atoms with Crippen molar-refractivity contribution in [3.63, 3.8) is 0 Å². The number of carbonyl (C=O) groups is 2. The van der Waals surface area contributed by atoms with Gasteiger partial charge < -0.3 is 9.47 Å². The second-order valence-electron chi connectivity index (χ2n) is 10.7. The van der Waals surface area contributed by atoms with Gasteiger partial charge >= 0.3 is 5.97 Å². The molecule has 0 aromatic heterocycles. The number of allylic oxidation sites excluding steroid dienone is 2. The van der Waals surface area contributed by atoms with Gasteiger partial charge in [-0.25, -0.2) is 0 Å². The van der Waals surface area contributed by atoms with E-state index in [4.69, 9.17) is 9.47 Å². The molecule has 29 heavy (non-hydrogen) atoms. The largest absolute Gasteiger partial charge is 0.501 e. The summed E-state index contributed by atoms with van der Waals surface area (Å²) in [6.45, 7) is 6.55. The van der Waals surface area contributed by atoms with Crippen molar-refractivity contribution < 1.29 is 19.1 Å². The molecule has 4 aliphatic rings. The molecule has 162 valence electrons. The molecule has 0 bridgehead atoms. The second-order valence-corrected chi connectivity index (χ2v) is 10.7. The molecule has 4 heteroatoms. The van der Waals surface area contributed by atoms with Gasteiger partial charge in [-0.2, -0.15) is 0 Å². The van der Waals surface area contributed by atoms with E-state index in [1.165, 1.54) is 45.4 Å². The fraction of sp³-hybridized carbons (Fsp3) is 0.840. The average molecular weight is 403 g/mol.